The summed E-state index contributed by atoms with van der Waals surface area (Å²) in [4.78, 5) is 4.50. The minimum atomic E-state index is 0.487. The molecular formula is C15H17ClN2S. The van der Waals surface area contributed by atoms with Crippen molar-refractivity contribution in [3.63, 3.8) is 0 Å². The number of thiazole rings is 1. The zero-order valence-electron chi connectivity index (χ0n) is 10.9. The van der Waals surface area contributed by atoms with E-state index in [1.54, 1.807) is 17.5 Å². The van der Waals surface area contributed by atoms with E-state index in [9.17, 15) is 0 Å². The summed E-state index contributed by atoms with van der Waals surface area (Å²) in [7, 11) is 0. The molecule has 19 heavy (non-hydrogen) atoms. The van der Waals surface area contributed by atoms with E-state index >= 15 is 0 Å². The zero-order chi connectivity index (χ0) is 13.2. The molecular weight excluding hydrogens is 276 g/mol. The number of hydrogen-bond donors (Lipinski definition) is 1. The second-order valence-corrected chi connectivity index (χ2v) is 6.82. The maximum absolute atomic E-state index is 6.04. The third kappa shape index (κ3) is 2.83. The summed E-state index contributed by atoms with van der Waals surface area (Å²) in [6.07, 6.45) is 2.90. The lowest BCUT2D eigenvalue weighted by molar-refractivity contribution is 0.403. The average Bonchev–Trinajstić information content (AvgIpc) is 2.85. The van der Waals surface area contributed by atoms with Crippen LogP contribution in [0.1, 0.15) is 34.4 Å². The first-order valence-corrected chi connectivity index (χ1v) is 7.82. The number of hydrogen-bond acceptors (Lipinski definition) is 3. The van der Waals surface area contributed by atoms with E-state index < -0.39 is 0 Å². The molecule has 2 atom stereocenters. The van der Waals surface area contributed by atoms with Crippen molar-refractivity contribution in [1.29, 1.82) is 0 Å². The van der Waals surface area contributed by atoms with Crippen molar-refractivity contribution in [2.75, 3.05) is 13.1 Å². The highest BCUT2D eigenvalue weighted by molar-refractivity contribution is 7.15. The minimum absolute atomic E-state index is 0.487. The number of nitrogens with one attached hydrogen (secondary N) is 1. The van der Waals surface area contributed by atoms with Gasteiger partial charge in [0.05, 0.1) is 11.2 Å². The van der Waals surface area contributed by atoms with Gasteiger partial charge in [-0.2, -0.15) is 0 Å². The van der Waals surface area contributed by atoms with Gasteiger partial charge in [0.15, 0.2) is 0 Å². The second kappa shape index (κ2) is 5.61. The first-order chi connectivity index (χ1) is 9.24. The maximum atomic E-state index is 6.04. The van der Waals surface area contributed by atoms with Crippen LogP contribution < -0.4 is 5.32 Å². The average molecular weight is 293 g/mol. The normalized spacial score (nSPS) is 23.5. The van der Waals surface area contributed by atoms with Gasteiger partial charge in [-0.15, -0.1) is 11.3 Å². The molecule has 0 bridgehead atoms. The molecule has 1 fully saturated rings. The van der Waals surface area contributed by atoms with Crippen LogP contribution in [0.15, 0.2) is 30.5 Å². The predicted molar refractivity (Wildman–Crippen MR) is 81.3 cm³/mol. The number of piperidine rings is 1. The molecule has 1 aromatic heterocycles. The standard InChI is InChI=1S/C15H17ClN2S/c1-10-3-2-4-11(7-10)13-8-17-6-5-12(13)15-18-9-14(16)19-15/h2-4,7,9,12-13,17H,5-6,8H2,1H3. The zero-order valence-corrected chi connectivity index (χ0v) is 12.5. The van der Waals surface area contributed by atoms with Crippen LogP contribution in [0.25, 0.3) is 0 Å². The molecule has 2 nitrogen and oxygen atoms in total. The van der Waals surface area contributed by atoms with Crippen molar-refractivity contribution in [1.82, 2.24) is 10.3 Å². The fourth-order valence-corrected chi connectivity index (χ4v) is 3.97. The van der Waals surface area contributed by atoms with E-state index in [0.29, 0.717) is 11.8 Å². The highest BCUT2D eigenvalue weighted by Crippen LogP contribution is 2.39. The van der Waals surface area contributed by atoms with Gasteiger partial charge in [0, 0.05) is 18.4 Å². The topological polar surface area (TPSA) is 24.9 Å². The van der Waals surface area contributed by atoms with Gasteiger partial charge in [-0.05, 0) is 25.5 Å². The highest BCUT2D eigenvalue weighted by atomic mass is 35.5. The lowest BCUT2D eigenvalue weighted by atomic mass is 9.81. The van der Waals surface area contributed by atoms with Gasteiger partial charge in [-0.1, -0.05) is 41.4 Å². The Bertz CT molecular complexity index is 567. The molecule has 1 aliphatic heterocycles. The van der Waals surface area contributed by atoms with Crippen molar-refractivity contribution in [3.05, 3.63) is 50.9 Å². The van der Waals surface area contributed by atoms with Crippen LogP contribution in [0.2, 0.25) is 4.34 Å². The molecule has 1 aliphatic rings. The predicted octanol–water partition coefficient (Wildman–Crippen LogP) is 3.97. The van der Waals surface area contributed by atoms with Crippen molar-refractivity contribution in [3.8, 4) is 0 Å². The minimum Gasteiger partial charge on any atom is -0.316 e. The van der Waals surface area contributed by atoms with Gasteiger partial charge in [-0.3, -0.25) is 0 Å². The Morgan fingerprint density at radius 2 is 2.26 bits per heavy atom. The van der Waals surface area contributed by atoms with Crippen LogP contribution in [0, 0.1) is 6.92 Å². The fourth-order valence-electron chi connectivity index (χ4n) is 2.84. The van der Waals surface area contributed by atoms with Crippen molar-refractivity contribution >= 4 is 22.9 Å². The molecule has 3 rings (SSSR count). The molecule has 0 spiro atoms. The summed E-state index contributed by atoms with van der Waals surface area (Å²) >= 11 is 7.66. The molecule has 0 amide bonds. The summed E-state index contributed by atoms with van der Waals surface area (Å²) in [6, 6.07) is 8.81. The Morgan fingerprint density at radius 3 is 3.00 bits per heavy atom. The summed E-state index contributed by atoms with van der Waals surface area (Å²) in [5, 5.41) is 4.68. The van der Waals surface area contributed by atoms with Crippen molar-refractivity contribution in [2.45, 2.75) is 25.2 Å². The van der Waals surface area contributed by atoms with Gasteiger partial charge in [0.1, 0.15) is 4.34 Å². The molecule has 0 saturated carbocycles. The Balaban J connectivity index is 1.93. The van der Waals surface area contributed by atoms with Crippen LogP contribution in [-0.2, 0) is 0 Å². The number of halogens is 1. The summed E-state index contributed by atoms with van der Waals surface area (Å²) in [5.41, 5.74) is 2.72. The van der Waals surface area contributed by atoms with E-state index in [0.717, 1.165) is 23.8 Å². The maximum Gasteiger partial charge on any atom is 0.113 e. The van der Waals surface area contributed by atoms with Gasteiger partial charge in [-0.25, -0.2) is 4.98 Å². The largest absolute Gasteiger partial charge is 0.316 e. The van der Waals surface area contributed by atoms with Crippen LogP contribution in [-0.4, -0.2) is 18.1 Å². The van der Waals surface area contributed by atoms with E-state index in [2.05, 4.69) is 41.5 Å². The highest BCUT2D eigenvalue weighted by Gasteiger charge is 2.29. The number of rotatable bonds is 2. The van der Waals surface area contributed by atoms with Crippen LogP contribution in [0.4, 0.5) is 0 Å². The van der Waals surface area contributed by atoms with E-state index in [-0.39, 0.29) is 0 Å². The van der Waals surface area contributed by atoms with Gasteiger partial charge in [0.2, 0.25) is 0 Å². The molecule has 2 unspecified atom stereocenters. The summed E-state index contributed by atoms with van der Waals surface area (Å²) < 4.78 is 0.788. The molecule has 2 heterocycles. The van der Waals surface area contributed by atoms with E-state index in [1.807, 2.05) is 0 Å². The Labute approximate surface area is 122 Å². The Hall–Kier alpha value is -0.900. The van der Waals surface area contributed by atoms with E-state index in [1.165, 1.54) is 16.1 Å². The third-order valence-corrected chi connectivity index (χ3v) is 5.01. The van der Waals surface area contributed by atoms with Gasteiger partial charge >= 0.3 is 0 Å². The molecule has 1 saturated heterocycles. The molecule has 2 aromatic rings. The van der Waals surface area contributed by atoms with Gasteiger partial charge in [0.25, 0.3) is 0 Å². The van der Waals surface area contributed by atoms with Crippen molar-refractivity contribution in [2.24, 2.45) is 0 Å². The Kier molecular flexibility index (Phi) is 3.87. The number of aryl methyl sites for hydroxylation is 1. The number of benzene rings is 1. The molecule has 0 aliphatic carbocycles. The smallest absolute Gasteiger partial charge is 0.113 e. The van der Waals surface area contributed by atoms with Crippen LogP contribution >= 0.6 is 22.9 Å². The quantitative estimate of drug-likeness (QED) is 0.906. The van der Waals surface area contributed by atoms with Gasteiger partial charge < -0.3 is 5.32 Å². The molecule has 1 N–H and O–H groups in total. The fraction of sp³-hybridized carbons (Fsp3) is 0.400. The SMILES string of the molecule is Cc1cccc(C2CNCCC2c2ncc(Cl)s2)c1. The monoisotopic (exact) mass is 292 g/mol. The lowest BCUT2D eigenvalue weighted by Crippen LogP contribution is -2.34. The summed E-state index contributed by atoms with van der Waals surface area (Å²) in [6.45, 7) is 4.23. The molecule has 0 radical (unpaired) electrons. The van der Waals surface area contributed by atoms with Crippen molar-refractivity contribution < 1.29 is 0 Å². The lowest BCUT2D eigenvalue weighted by Gasteiger charge is -2.31. The molecule has 100 valence electrons. The first-order valence-electron chi connectivity index (χ1n) is 6.62. The third-order valence-electron chi connectivity index (χ3n) is 3.76. The molecule has 4 heteroatoms. The Morgan fingerprint density at radius 1 is 1.37 bits per heavy atom. The van der Waals surface area contributed by atoms with E-state index in [4.69, 9.17) is 11.6 Å². The molecule has 1 aromatic carbocycles. The number of nitrogens with zero attached hydrogens (tertiary/aromatic N) is 1. The number of aromatic nitrogens is 1. The summed E-state index contributed by atoms with van der Waals surface area (Å²) in [5.74, 6) is 0.983. The first kappa shape index (κ1) is 13.1. The van der Waals surface area contributed by atoms with Crippen LogP contribution in [0.3, 0.4) is 0 Å². The second-order valence-electron chi connectivity index (χ2n) is 5.12. The van der Waals surface area contributed by atoms with Crippen LogP contribution in [0.5, 0.6) is 0 Å².